The van der Waals surface area contributed by atoms with Gasteiger partial charge in [-0.05, 0) is 19.3 Å². The molecule has 0 aliphatic carbocycles. The highest BCUT2D eigenvalue weighted by molar-refractivity contribution is 5.94. The van der Waals surface area contributed by atoms with E-state index < -0.39 is 104 Å². The Morgan fingerprint density at radius 3 is 1.29 bits per heavy atom. The molecule has 3 amide bonds. The standard InChI is InChI=1S/C18H29N5O11/c19-7-11(18(33)34)23-17(32)10(3-6-14(28)29)22-16(31)9(2-5-13(26)27)21-15(30)8(20)1-4-12(24)25/h8-11H,1-7,19-20H2,(H,21,30)(H,22,31)(H,23,32)(H,24,25)(H,26,27)(H,28,29)(H,33,34)/t8-,9-,10-,11-/m1/s1. The van der Waals surface area contributed by atoms with Crippen LogP contribution in [0.15, 0.2) is 0 Å². The molecule has 0 aromatic rings. The van der Waals surface area contributed by atoms with E-state index >= 15 is 0 Å². The summed E-state index contributed by atoms with van der Waals surface area (Å²) in [6, 6.07) is -5.93. The van der Waals surface area contributed by atoms with Gasteiger partial charge in [0.2, 0.25) is 17.7 Å². The van der Waals surface area contributed by atoms with Gasteiger partial charge in [-0.15, -0.1) is 0 Å². The second kappa shape index (κ2) is 15.1. The molecule has 0 unspecified atom stereocenters. The summed E-state index contributed by atoms with van der Waals surface area (Å²) in [5.41, 5.74) is 10.8. The van der Waals surface area contributed by atoms with Crippen molar-refractivity contribution in [2.45, 2.75) is 62.7 Å². The Balaban J connectivity index is 5.52. The van der Waals surface area contributed by atoms with Crippen molar-refractivity contribution in [2.24, 2.45) is 11.5 Å². The fraction of sp³-hybridized carbons (Fsp3) is 0.611. The molecule has 16 heteroatoms. The van der Waals surface area contributed by atoms with Crippen LogP contribution in [0.25, 0.3) is 0 Å². The molecule has 16 nitrogen and oxygen atoms in total. The maximum absolute atomic E-state index is 12.7. The van der Waals surface area contributed by atoms with Crippen LogP contribution in [-0.2, 0) is 33.6 Å². The monoisotopic (exact) mass is 491 g/mol. The minimum Gasteiger partial charge on any atom is -0.481 e. The van der Waals surface area contributed by atoms with E-state index in [1.165, 1.54) is 0 Å². The van der Waals surface area contributed by atoms with Crippen LogP contribution in [0.3, 0.4) is 0 Å². The van der Waals surface area contributed by atoms with Gasteiger partial charge >= 0.3 is 23.9 Å². The van der Waals surface area contributed by atoms with Gasteiger partial charge in [0.15, 0.2) is 0 Å². The van der Waals surface area contributed by atoms with Crippen molar-refractivity contribution in [2.75, 3.05) is 6.54 Å². The number of hydrogen-bond donors (Lipinski definition) is 9. The number of aliphatic carboxylic acids is 4. The lowest BCUT2D eigenvalue weighted by atomic mass is 10.1. The first kappa shape index (κ1) is 30.2. The van der Waals surface area contributed by atoms with Crippen molar-refractivity contribution in [1.29, 1.82) is 0 Å². The lowest BCUT2D eigenvalue weighted by molar-refractivity contribution is -0.143. The summed E-state index contributed by atoms with van der Waals surface area (Å²) in [7, 11) is 0. The Morgan fingerprint density at radius 2 is 0.941 bits per heavy atom. The van der Waals surface area contributed by atoms with E-state index in [0.29, 0.717) is 0 Å². The zero-order valence-corrected chi connectivity index (χ0v) is 18.1. The minimum absolute atomic E-state index is 0.270. The summed E-state index contributed by atoms with van der Waals surface area (Å²) in [6.07, 6.45) is -2.78. The number of rotatable bonds is 17. The number of carbonyl (C=O) groups is 7. The third-order valence-corrected chi connectivity index (χ3v) is 4.42. The molecule has 0 saturated carbocycles. The van der Waals surface area contributed by atoms with Crippen molar-refractivity contribution < 1.29 is 54.0 Å². The number of carboxylic acids is 4. The number of nitrogens with one attached hydrogen (secondary N) is 3. The summed E-state index contributed by atoms with van der Waals surface area (Å²) in [4.78, 5) is 80.9. The van der Waals surface area contributed by atoms with E-state index in [0.717, 1.165) is 0 Å². The summed E-state index contributed by atoms with van der Waals surface area (Å²) in [6.45, 7) is -0.494. The number of nitrogens with two attached hydrogens (primary N) is 2. The molecule has 0 heterocycles. The fourth-order valence-electron chi connectivity index (χ4n) is 2.53. The lowest BCUT2D eigenvalue weighted by Crippen LogP contribution is -2.58. The van der Waals surface area contributed by atoms with Gasteiger partial charge in [-0.25, -0.2) is 4.79 Å². The normalized spacial score (nSPS) is 14.1. The molecule has 34 heavy (non-hydrogen) atoms. The summed E-state index contributed by atoms with van der Waals surface area (Å²) in [5.74, 6) is -8.39. The van der Waals surface area contributed by atoms with Crippen LogP contribution in [0.2, 0.25) is 0 Å². The van der Waals surface area contributed by atoms with Crippen molar-refractivity contribution in [3.05, 3.63) is 0 Å². The maximum atomic E-state index is 12.7. The van der Waals surface area contributed by atoms with Crippen LogP contribution in [0, 0.1) is 0 Å². The van der Waals surface area contributed by atoms with Gasteiger partial charge in [-0.2, -0.15) is 0 Å². The summed E-state index contributed by atoms with van der Waals surface area (Å²) in [5, 5.41) is 41.9. The van der Waals surface area contributed by atoms with Crippen molar-refractivity contribution in [3.63, 3.8) is 0 Å². The van der Waals surface area contributed by atoms with Crippen molar-refractivity contribution in [3.8, 4) is 0 Å². The first-order chi connectivity index (χ1) is 15.8. The van der Waals surface area contributed by atoms with Gasteiger partial charge in [0, 0.05) is 25.8 Å². The summed E-state index contributed by atoms with van der Waals surface area (Å²) >= 11 is 0. The van der Waals surface area contributed by atoms with Crippen LogP contribution in [0.4, 0.5) is 0 Å². The molecular formula is C18H29N5O11. The SMILES string of the molecule is NC[C@@H](NC(=O)[C@@H](CCC(=O)O)NC(=O)[C@@H](CCC(=O)O)NC(=O)[C@H](N)CCC(=O)O)C(=O)O. The molecule has 0 aliphatic rings. The molecular weight excluding hydrogens is 462 g/mol. The second-order valence-electron chi connectivity index (χ2n) is 7.16. The predicted octanol–water partition coefficient (Wildman–Crippen LogP) is -3.59. The van der Waals surface area contributed by atoms with Crippen molar-refractivity contribution >= 4 is 41.6 Å². The van der Waals surface area contributed by atoms with Gasteiger partial charge in [-0.1, -0.05) is 0 Å². The van der Waals surface area contributed by atoms with E-state index in [1.54, 1.807) is 0 Å². The molecule has 11 N–H and O–H groups in total. The first-order valence-corrected chi connectivity index (χ1v) is 10.0. The van der Waals surface area contributed by atoms with Crippen LogP contribution in [0.5, 0.6) is 0 Å². The predicted molar refractivity (Wildman–Crippen MR) is 111 cm³/mol. The van der Waals surface area contributed by atoms with Gasteiger partial charge in [0.05, 0.1) is 6.04 Å². The Kier molecular flexibility index (Phi) is 13.4. The average Bonchev–Trinajstić information content (AvgIpc) is 2.74. The molecule has 0 saturated heterocycles. The van der Waals surface area contributed by atoms with Crippen LogP contribution >= 0.6 is 0 Å². The van der Waals surface area contributed by atoms with E-state index in [4.69, 9.17) is 31.9 Å². The van der Waals surface area contributed by atoms with Gasteiger partial charge < -0.3 is 47.8 Å². The maximum Gasteiger partial charge on any atom is 0.327 e. The number of amides is 3. The van der Waals surface area contributed by atoms with E-state index in [9.17, 15) is 33.6 Å². The highest BCUT2D eigenvalue weighted by Gasteiger charge is 2.30. The number of carbonyl (C=O) groups excluding carboxylic acids is 3. The molecule has 0 radical (unpaired) electrons. The van der Waals surface area contributed by atoms with Crippen LogP contribution in [-0.4, -0.2) is 92.7 Å². The fourth-order valence-corrected chi connectivity index (χ4v) is 2.53. The molecule has 0 fully saturated rings. The van der Waals surface area contributed by atoms with Crippen LogP contribution in [0.1, 0.15) is 38.5 Å². The Hall–Kier alpha value is -3.79. The highest BCUT2D eigenvalue weighted by Crippen LogP contribution is 2.05. The van der Waals surface area contributed by atoms with Gasteiger partial charge in [0.25, 0.3) is 0 Å². The molecule has 0 aromatic heterocycles. The molecule has 0 aromatic carbocycles. The van der Waals surface area contributed by atoms with Gasteiger partial charge in [0.1, 0.15) is 18.1 Å². The quantitative estimate of drug-likeness (QED) is 0.0951. The average molecular weight is 491 g/mol. The second-order valence-corrected chi connectivity index (χ2v) is 7.16. The molecule has 4 atom stereocenters. The third-order valence-electron chi connectivity index (χ3n) is 4.42. The zero-order valence-electron chi connectivity index (χ0n) is 18.1. The Bertz CT molecular complexity index is 788. The highest BCUT2D eigenvalue weighted by atomic mass is 16.4. The molecule has 0 bridgehead atoms. The van der Waals surface area contributed by atoms with E-state index in [-0.39, 0.29) is 6.42 Å². The third kappa shape index (κ3) is 12.3. The Morgan fingerprint density at radius 1 is 0.588 bits per heavy atom. The molecule has 0 aliphatic heterocycles. The largest absolute Gasteiger partial charge is 0.481 e. The van der Waals surface area contributed by atoms with Gasteiger partial charge in [-0.3, -0.25) is 28.8 Å². The topological polar surface area (TPSA) is 289 Å². The summed E-state index contributed by atoms with van der Waals surface area (Å²) < 4.78 is 0. The number of hydrogen-bond acceptors (Lipinski definition) is 9. The molecule has 192 valence electrons. The van der Waals surface area contributed by atoms with Crippen LogP contribution < -0.4 is 27.4 Å². The first-order valence-electron chi connectivity index (χ1n) is 10.0. The van der Waals surface area contributed by atoms with E-state index in [1.807, 2.05) is 5.32 Å². The lowest BCUT2D eigenvalue weighted by Gasteiger charge is -2.24. The molecule has 0 spiro atoms. The van der Waals surface area contributed by atoms with E-state index in [2.05, 4.69) is 10.6 Å². The number of carboxylic acid groups (broad SMARTS) is 4. The zero-order chi connectivity index (χ0) is 26.4. The smallest absolute Gasteiger partial charge is 0.327 e. The molecule has 0 rings (SSSR count). The minimum atomic E-state index is -1.55. The Labute approximate surface area is 193 Å². The van der Waals surface area contributed by atoms with Crippen molar-refractivity contribution in [1.82, 2.24) is 16.0 Å².